The third-order valence-corrected chi connectivity index (χ3v) is 5.65. The SMILES string of the molecule is COc1ccc(Br)cc1S(=O)(=O)Nc1ccc(-c2nc(C(C)C)no2)cc1. The maximum Gasteiger partial charge on any atom is 0.265 e. The van der Waals surface area contributed by atoms with Crippen molar-refractivity contribution in [1.82, 2.24) is 10.1 Å². The average Bonchev–Trinajstić information content (AvgIpc) is 3.12. The first-order valence-electron chi connectivity index (χ1n) is 8.10. The van der Waals surface area contributed by atoms with Crippen LogP contribution in [-0.2, 0) is 10.0 Å². The molecule has 0 atom stereocenters. The fourth-order valence-electron chi connectivity index (χ4n) is 2.34. The van der Waals surface area contributed by atoms with Gasteiger partial charge in [0.2, 0.25) is 0 Å². The first-order chi connectivity index (χ1) is 12.8. The van der Waals surface area contributed by atoms with Gasteiger partial charge in [-0.3, -0.25) is 4.72 Å². The third-order valence-electron chi connectivity index (χ3n) is 3.76. The lowest BCUT2D eigenvalue weighted by Gasteiger charge is -2.12. The highest BCUT2D eigenvalue weighted by molar-refractivity contribution is 9.10. The van der Waals surface area contributed by atoms with Crippen molar-refractivity contribution in [3.63, 3.8) is 0 Å². The minimum atomic E-state index is -3.82. The molecule has 0 aliphatic carbocycles. The Morgan fingerprint density at radius 3 is 2.44 bits per heavy atom. The molecule has 9 heteroatoms. The molecule has 0 saturated heterocycles. The van der Waals surface area contributed by atoms with Gasteiger partial charge < -0.3 is 9.26 Å². The zero-order valence-electron chi connectivity index (χ0n) is 14.9. The molecule has 0 unspecified atom stereocenters. The zero-order chi connectivity index (χ0) is 19.6. The van der Waals surface area contributed by atoms with Crippen molar-refractivity contribution in [3.05, 3.63) is 52.8 Å². The lowest BCUT2D eigenvalue weighted by atomic mass is 10.2. The summed E-state index contributed by atoms with van der Waals surface area (Å²) in [5.74, 6) is 1.43. The monoisotopic (exact) mass is 451 g/mol. The van der Waals surface area contributed by atoms with E-state index in [0.717, 1.165) is 0 Å². The molecule has 1 N–H and O–H groups in total. The van der Waals surface area contributed by atoms with E-state index >= 15 is 0 Å². The van der Waals surface area contributed by atoms with Crippen LogP contribution in [0.1, 0.15) is 25.6 Å². The molecular formula is C18H18BrN3O4S. The molecule has 142 valence electrons. The molecule has 2 aromatic carbocycles. The van der Waals surface area contributed by atoms with E-state index in [9.17, 15) is 8.42 Å². The van der Waals surface area contributed by atoms with Crippen LogP contribution >= 0.6 is 15.9 Å². The molecule has 3 aromatic rings. The van der Waals surface area contributed by atoms with Crippen LogP contribution in [0.5, 0.6) is 5.75 Å². The lowest BCUT2D eigenvalue weighted by molar-refractivity contribution is 0.403. The molecule has 0 spiro atoms. The van der Waals surface area contributed by atoms with Crippen LogP contribution in [0, 0.1) is 0 Å². The van der Waals surface area contributed by atoms with E-state index < -0.39 is 10.0 Å². The van der Waals surface area contributed by atoms with Gasteiger partial charge in [0.15, 0.2) is 5.82 Å². The Labute approximate surface area is 165 Å². The minimum Gasteiger partial charge on any atom is -0.495 e. The number of halogens is 1. The van der Waals surface area contributed by atoms with Crippen molar-refractivity contribution in [2.24, 2.45) is 0 Å². The number of ether oxygens (including phenoxy) is 1. The van der Waals surface area contributed by atoms with E-state index in [0.29, 0.717) is 27.4 Å². The summed E-state index contributed by atoms with van der Waals surface area (Å²) in [5, 5.41) is 3.92. The standard InChI is InChI=1S/C18H18BrN3O4S/c1-11(2)17-20-18(26-21-17)12-4-7-14(8-5-12)22-27(23,24)16-10-13(19)6-9-15(16)25-3/h4-11,22H,1-3H3. The molecule has 0 saturated carbocycles. The normalized spacial score (nSPS) is 11.6. The predicted molar refractivity (Wildman–Crippen MR) is 105 cm³/mol. The van der Waals surface area contributed by atoms with E-state index in [1.807, 2.05) is 13.8 Å². The van der Waals surface area contributed by atoms with Crippen molar-refractivity contribution in [2.75, 3.05) is 11.8 Å². The molecule has 0 aliphatic rings. The minimum absolute atomic E-state index is 0.0435. The fraction of sp³-hybridized carbons (Fsp3) is 0.222. The van der Waals surface area contributed by atoms with Crippen LogP contribution in [0.4, 0.5) is 5.69 Å². The highest BCUT2D eigenvalue weighted by atomic mass is 79.9. The summed E-state index contributed by atoms with van der Waals surface area (Å²) in [5.41, 5.74) is 1.11. The molecular weight excluding hydrogens is 434 g/mol. The van der Waals surface area contributed by atoms with E-state index in [4.69, 9.17) is 9.26 Å². The van der Waals surface area contributed by atoms with E-state index in [2.05, 4.69) is 30.8 Å². The van der Waals surface area contributed by atoms with Crippen LogP contribution in [0.25, 0.3) is 11.5 Å². The summed E-state index contributed by atoms with van der Waals surface area (Å²) in [7, 11) is -2.40. The molecule has 1 heterocycles. The van der Waals surface area contributed by atoms with Crippen molar-refractivity contribution < 1.29 is 17.7 Å². The number of methoxy groups -OCH3 is 1. The number of nitrogens with one attached hydrogen (secondary N) is 1. The molecule has 0 amide bonds. The lowest BCUT2D eigenvalue weighted by Crippen LogP contribution is -2.14. The summed E-state index contributed by atoms with van der Waals surface area (Å²) in [6.07, 6.45) is 0. The Morgan fingerprint density at radius 1 is 1.15 bits per heavy atom. The fourth-order valence-corrected chi connectivity index (χ4v) is 4.11. The Balaban J connectivity index is 1.84. The number of hydrogen-bond acceptors (Lipinski definition) is 6. The van der Waals surface area contributed by atoms with Crippen molar-refractivity contribution in [1.29, 1.82) is 0 Å². The summed E-state index contributed by atoms with van der Waals surface area (Å²) in [6, 6.07) is 11.5. The van der Waals surface area contributed by atoms with Gasteiger partial charge in [-0.25, -0.2) is 8.42 Å². The second-order valence-electron chi connectivity index (χ2n) is 6.09. The quantitative estimate of drug-likeness (QED) is 0.595. The molecule has 7 nitrogen and oxygen atoms in total. The van der Waals surface area contributed by atoms with Gasteiger partial charge in [-0.2, -0.15) is 4.98 Å². The van der Waals surface area contributed by atoms with Crippen molar-refractivity contribution in [3.8, 4) is 17.2 Å². The highest BCUT2D eigenvalue weighted by Gasteiger charge is 2.20. The van der Waals surface area contributed by atoms with Gasteiger partial charge in [0.25, 0.3) is 15.9 Å². The smallest absolute Gasteiger partial charge is 0.265 e. The second kappa shape index (κ2) is 7.69. The van der Waals surface area contributed by atoms with Gasteiger partial charge in [-0.05, 0) is 42.5 Å². The zero-order valence-corrected chi connectivity index (χ0v) is 17.3. The van der Waals surface area contributed by atoms with Gasteiger partial charge in [0, 0.05) is 21.6 Å². The van der Waals surface area contributed by atoms with Gasteiger partial charge in [-0.15, -0.1) is 0 Å². The van der Waals surface area contributed by atoms with Gasteiger partial charge in [0.1, 0.15) is 10.6 Å². The first-order valence-corrected chi connectivity index (χ1v) is 10.4. The average molecular weight is 452 g/mol. The Morgan fingerprint density at radius 2 is 1.85 bits per heavy atom. The Hall–Kier alpha value is -2.39. The summed E-state index contributed by atoms with van der Waals surface area (Å²) >= 11 is 3.28. The van der Waals surface area contributed by atoms with Gasteiger partial charge in [-0.1, -0.05) is 34.9 Å². The van der Waals surface area contributed by atoms with Crippen molar-refractivity contribution in [2.45, 2.75) is 24.7 Å². The number of hydrogen-bond donors (Lipinski definition) is 1. The summed E-state index contributed by atoms with van der Waals surface area (Å²) in [4.78, 5) is 4.37. The van der Waals surface area contributed by atoms with E-state index in [-0.39, 0.29) is 16.6 Å². The number of sulfonamides is 1. The third kappa shape index (κ3) is 4.30. The van der Waals surface area contributed by atoms with Gasteiger partial charge >= 0.3 is 0 Å². The maximum absolute atomic E-state index is 12.7. The van der Waals surface area contributed by atoms with E-state index in [1.54, 1.807) is 36.4 Å². The Kier molecular flexibility index (Phi) is 5.52. The number of rotatable bonds is 6. The highest BCUT2D eigenvalue weighted by Crippen LogP contribution is 2.29. The molecule has 0 bridgehead atoms. The predicted octanol–water partition coefficient (Wildman–Crippen LogP) is 4.43. The topological polar surface area (TPSA) is 94.3 Å². The second-order valence-corrected chi connectivity index (χ2v) is 8.66. The first kappa shape index (κ1) is 19.4. The number of nitrogens with zero attached hydrogens (tertiary/aromatic N) is 2. The van der Waals surface area contributed by atoms with Gasteiger partial charge in [0.05, 0.1) is 7.11 Å². The summed E-state index contributed by atoms with van der Waals surface area (Å²) in [6.45, 7) is 3.95. The molecule has 27 heavy (non-hydrogen) atoms. The van der Waals surface area contributed by atoms with E-state index in [1.165, 1.54) is 13.2 Å². The van der Waals surface area contributed by atoms with Crippen LogP contribution in [0.3, 0.4) is 0 Å². The largest absolute Gasteiger partial charge is 0.495 e. The molecule has 0 fully saturated rings. The summed E-state index contributed by atoms with van der Waals surface area (Å²) < 4.78 is 39.0. The van der Waals surface area contributed by atoms with Crippen LogP contribution in [-0.4, -0.2) is 25.7 Å². The number of aromatic nitrogens is 2. The van der Waals surface area contributed by atoms with Crippen molar-refractivity contribution >= 4 is 31.6 Å². The molecule has 0 aliphatic heterocycles. The molecule has 3 rings (SSSR count). The molecule has 0 radical (unpaired) electrons. The Bertz CT molecular complexity index is 1050. The van der Waals surface area contributed by atoms with Crippen LogP contribution < -0.4 is 9.46 Å². The maximum atomic E-state index is 12.7. The number of benzene rings is 2. The van der Waals surface area contributed by atoms with Crippen LogP contribution in [0.15, 0.2) is 56.4 Å². The molecule has 1 aromatic heterocycles. The number of anilines is 1. The van der Waals surface area contributed by atoms with Crippen LogP contribution in [0.2, 0.25) is 0 Å².